The Kier molecular flexibility index (Phi) is 2.88. The number of hydrogen-bond acceptors (Lipinski definition) is 2. The monoisotopic (exact) mass is 295 g/mol. The van der Waals surface area contributed by atoms with Crippen LogP contribution in [-0.2, 0) is 6.18 Å². The topological polar surface area (TPSA) is 35.2 Å². The molecule has 88 valence electrons. The molecular weight excluding hydrogens is 287 g/mol. The average molecular weight is 296 g/mol. The molecule has 0 radical (unpaired) electrons. The van der Waals surface area contributed by atoms with E-state index in [1.165, 1.54) is 0 Å². The van der Waals surface area contributed by atoms with Crippen LogP contribution in [0.3, 0.4) is 0 Å². The van der Waals surface area contributed by atoms with Crippen molar-refractivity contribution in [2.45, 2.75) is 18.6 Å². The first-order valence-electron chi connectivity index (χ1n) is 4.68. The Labute approximate surface area is 98.7 Å². The van der Waals surface area contributed by atoms with Crippen molar-refractivity contribution in [2.24, 2.45) is 5.73 Å². The van der Waals surface area contributed by atoms with Gasteiger partial charge in [0.2, 0.25) is 0 Å². The summed E-state index contributed by atoms with van der Waals surface area (Å²) in [7, 11) is 0. The summed E-state index contributed by atoms with van der Waals surface area (Å²) in [5, 5.41) is 0. The van der Waals surface area contributed by atoms with Gasteiger partial charge in [-0.3, -0.25) is 0 Å². The van der Waals surface area contributed by atoms with Crippen molar-refractivity contribution in [2.75, 3.05) is 6.61 Å². The van der Waals surface area contributed by atoms with E-state index >= 15 is 0 Å². The van der Waals surface area contributed by atoms with Gasteiger partial charge in [-0.05, 0) is 28.1 Å². The zero-order valence-electron chi connectivity index (χ0n) is 8.14. The van der Waals surface area contributed by atoms with Gasteiger partial charge in [0.1, 0.15) is 5.75 Å². The maximum Gasteiger partial charge on any atom is 0.416 e. The molecular formula is C10H9BrF3NO. The van der Waals surface area contributed by atoms with Crippen molar-refractivity contribution in [3.05, 3.63) is 27.7 Å². The van der Waals surface area contributed by atoms with E-state index in [0.717, 1.165) is 12.1 Å². The van der Waals surface area contributed by atoms with E-state index in [9.17, 15) is 13.2 Å². The number of hydrogen-bond donors (Lipinski definition) is 1. The third-order valence-corrected chi connectivity index (χ3v) is 3.06. The highest BCUT2D eigenvalue weighted by Crippen LogP contribution is 2.41. The standard InChI is InChI=1S/C10H9BrF3NO/c11-7-4-5(10(12,13)14)3-6-8(15)1-2-16-9(6)7/h3-4,8H,1-2,15H2/t8-/m1/s1. The molecule has 0 bridgehead atoms. The SMILES string of the molecule is N[C@@H]1CCOc2c(Br)cc(C(F)(F)F)cc21. The van der Waals surface area contributed by atoms with Crippen LogP contribution in [0.4, 0.5) is 13.2 Å². The summed E-state index contributed by atoms with van der Waals surface area (Å²) in [5.41, 5.74) is 5.46. The summed E-state index contributed by atoms with van der Waals surface area (Å²) in [6.07, 6.45) is -3.84. The first-order chi connectivity index (χ1) is 7.39. The van der Waals surface area contributed by atoms with Gasteiger partial charge in [-0.2, -0.15) is 13.2 Å². The Balaban J connectivity index is 2.55. The molecule has 1 aliphatic rings. The van der Waals surface area contributed by atoms with E-state index in [-0.39, 0.29) is 0 Å². The fourth-order valence-electron chi connectivity index (χ4n) is 1.65. The molecule has 1 aromatic carbocycles. The minimum atomic E-state index is -4.37. The molecule has 0 spiro atoms. The molecule has 2 nitrogen and oxygen atoms in total. The summed E-state index contributed by atoms with van der Waals surface area (Å²) in [6, 6.07) is 1.67. The zero-order chi connectivity index (χ0) is 11.9. The second-order valence-electron chi connectivity index (χ2n) is 3.62. The Morgan fingerprint density at radius 2 is 2.06 bits per heavy atom. The Bertz CT molecular complexity index is 419. The van der Waals surface area contributed by atoms with E-state index in [1.54, 1.807) is 0 Å². The van der Waals surface area contributed by atoms with Gasteiger partial charge in [0.25, 0.3) is 0 Å². The molecule has 16 heavy (non-hydrogen) atoms. The average Bonchev–Trinajstić information content (AvgIpc) is 2.18. The number of fused-ring (bicyclic) bond motifs is 1. The lowest BCUT2D eigenvalue weighted by Gasteiger charge is -2.25. The summed E-state index contributed by atoms with van der Waals surface area (Å²) >= 11 is 3.07. The molecule has 1 atom stereocenters. The molecule has 1 aliphatic heterocycles. The van der Waals surface area contributed by atoms with Crippen LogP contribution in [-0.4, -0.2) is 6.61 Å². The van der Waals surface area contributed by atoms with Gasteiger partial charge in [-0.1, -0.05) is 0 Å². The molecule has 0 aliphatic carbocycles. The minimum Gasteiger partial charge on any atom is -0.492 e. The lowest BCUT2D eigenvalue weighted by atomic mass is 9.99. The lowest BCUT2D eigenvalue weighted by Crippen LogP contribution is -2.22. The molecule has 0 saturated heterocycles. The van der Waals surface area contributed by atoms with Crippen molar-refractivity contribution < 1.29 is 17.9 Å². The molecule has 2 rings (SSSR count). The Hall–Kier alpha value is -0.750. The Morgan fingerprint density at radius 1 is 1.38 bits per heavy atom. The first-order valence-corrected chi connectivity index (χ1v) is 5.48. The number of halogens is 4. The predicted molar refractivity (Wildman–Crippen MR) is 56.2 cm³/mol. The van der Waals surface area contributed by atoms with E-state index in [2.05, 4.69) is 15.9 Å². The maximum absolute atomic E-state index is 12.6. The van der Waals surface area contributed by atoms with E-state index in [0.29, 0.717) is 28.8 Å². The van der Waals surface area contributed by atoms with Crippen LogP contribution in [0.2, 0.25) is 0 Å². The molecule has 0 unspecified atom stereocenters. The van der Waals surface area contributed by atoms with E-state index in [4.69, 9.17) is 10.5 Å². The summed E-state index contributed by atoms with van der Waals surface area (Å²) in [5.74, 6) is 0.423. The van der Waals surface area contributed by atoms with Gasteiger partial charge in [0.05, 0.1) is 16.6 Å². The molecule has 1 heterocycles. The van der Waals surface area contributed by atoms with E-state index < -0.39 is 17.8 Å². The van der Waals surface area contributed by atoms with Gasteiger partial charge >= 0.3 is 6.18 Å². The molecule has 0 amide bonds. The van der Waals surface area contributed by atoms with Crippen molar-refractivity contribution in [3.8, 4) is 5.75 Å². The predicted octanol–water partition coefficient (Wildman–Crippen LogP) is 3.25. The normalized spacial score (nSPS) is 20.2. The minimum absolute atomic E-state index is 0.299. The second kappa shape index (κ2) is 3.92. The van der Waals surface area contributed by atoms with Crippen molar-refractivity contribution in [1.29, 1.82) is 0 Å². The summed E-state index contributed by atoms with van der Waals surface area (Å²) < 4.78 is 43.3. The zero-order valence-corrected chi connectivity index (χ0v) is 9.73. The van der Waals surface area contributed by atoms with Gasteiger partial charge in [-0.15, -0.1) is 0 Å². The third-order valence-electron chi connectivity index (χ3n) is 2.47. The van der Waals surface area contributed by atoms with Gasteiger partial charge in [0.15, 0.2) is 0 Å². The third kappa shape index (κ3) is 2.04. The largest absolute Gasteiger partial charge is 0.492 e. The number of alkyl halides is 3. The second-order valence-corrected chi connectivity index (χ2v) is 4.47. The number of ether oxygens (including phenoxy) is 1. The number of nitrogens with two attached hydrogens (primary N) is 1. The van der Waals surface area contributed by atoms with Gasteiger partial charge < -0.3 is 10.5 Å². The smallest absolute Gasteiger partial charge is 0.416 e. The number of benzene rings is 1. The van der Waals surface area contributed by atoms with Gasteiger partial charge in [0, 0.05) is 18.0 Å². The van der Waals surface area contributed by atoms with Crippen LogP contribution in [0.1, 0.15) is 23.6 Å². The molecule has 6 heteroatoms. The van der Waals surface area contributed by atoms with Crippen LogP contribution in [0.25, 0.3) is 0 Å². The van der Waals surface area contributed by atoms with Crippen LogP contribution in [0.15, 0.2) is 16.6 Å². The lowest BCUT2D eigenvalue weighted by molar-refractivity contribution is -0.137. The molecule has 0 aromatic heterocycles. The Morgan fingerprint density at radius 3 is 2.69 bits per heavy atom. The van der Waals surface area contributed by atoms with Crippen LogP contribution < -0.4 is 10.5 Å². The highest BCUT2D eigenvalue weighted by molar-refractivity contribution is 9.10. The molecule has 0 saturated carbocycles. The highest BCUT2D eigenvalue weighted by Gasteiger charge is 2.33. The summed E-state index contributed by atoms with van der Waals surface area (Å²) in [6.45, 7) is 0.429. The van der Waals surface area contributed by atoms with Crippen molar-refractivity contribution in [1.82, 2.24) is 0 Å². The maximum atomic E-state index is 12.6. The fraction of sp³-hybridized carbons (Fsp3) is 0.400. The van der Waals surface area contributed by atoms with Crippen LogP contribution >= 0.6 is 15.9 Å². The van der Waals surface area contributed by atoms with Crippen LogP contribution in [0, 0.1) is 0 Å². The quantitative estimate of drug-likeness (QED) is 0.797. The molecule has 0 fully saturated rings. The van der Waals surface area contributed by atoms with E-state index in [1.807, 2.05) is 0 Å². The van der Waals surface area contributed by atoms with Crippen LogP contribution in [0.5, 0.6) is 5.75 Å². The fourth-order valence-corrected chi connectivity index (χ4v) is 2.24. The molecule has 2 N–H and O–H groups in total. The number of rotatable bonds is 0. The first kappa shape index (κ1) is 11.7. The molecule has 1 aromatic rings. The van der Waals surface area contributed by atoms with Crippen molar-refractivity contribution >= 4 is 15.9 Å². The highest BCUT2D eigenvalue weighted by atomic mass is 79.9. The van der Waals surface area contributed by atoms with Crippen molar-refractivity contribution in [3.63, 3.8) is 0 Å². The van der Waals surface area contributed by atoms with Gasteiger partial charge in [-0.25, -0.2) is 0 Å². The summed E-state index contributed by atoms with van der Waals surface area (Å²) in [4.78, 5) is 0.